The summed E-state index contributed by atoms with van der Waals surface area (Å²) in [4.78, 5) is 37.2. The van der Waals surface area contributed by atoms with E-state index in [2.05, 4.69) is 9.88 Å². The molecule has 1 saturated heterocycles. The zero-order chi connectivity index (χ0) is 18.1. The monoisotopic (exact) mass is 337 g/mol. The highest BCUT2D eigenvalue weighted by Gasteiger charge is 2.34. The number of rotatable bonds is 3. The summed E-state index contributed by atoms with van der Waals surface area (Å²) in [6.07, 6.45) is 1.55. The molecule has 2 aromatic rings. The number of aryl methyl sites for hydroxylation is 1. The molecule has 25 heavy (non-hydrogen) atoms. The Balaban J connectivity index is 2.06. The summed E-state index contributed by atoms with van der Waals surface area (Å²) < 4.78 is 2.06. The average Bonchev–Trinajstić information content (AvgIpc) is 2.86. The van der Waals surface area contributed by atoms with Crippen LogP contribution < -0.4 is 5.32 Å². The molecule has 1 N–H and O–H groups in total. The van der Waals surface area contributed by atoms with E-state index in [9.17, 15) is 14.4 Å². The number of nitrogens with one attached hydrogen (secondary N) is 1. The van der Waals surface area contributed by atoms with Crippen LogP contribution in [0.25, 0.3) is 11.8 Å². The lowest BCUT2D eigenvalue weighted by atomic mass is 10.1. The molecule has 1 aromatic heterocycles. The van der Waals surface area contributed by atoms with Crippen molar-refractivity contribution in [3.05, 3.63) is 58.9 Å². The van der Waals surface area contributed by atoms with E-state index in [0.717, 1.165) is 27.5 Å². The van der Waals surface area contributed by atoms with Crippen LogP contribution in [0.1, 0.15) is 23.9 Å². The first-order valence-corrected chi connectivity index (χ1v) is 8.07. The average molecular weight is 337 g/mol. The van der Waals surface area contributed by atoms with E-state index < -0.39 is 17.8 Å². The van der Waals surface area contributed by atoms with Gasteiger partial charge in [0.2, 0.25) is 0 Å². The van der Waals surface area contributed by atoms with E-state index in [1.54, 1.807) is 13.0 Å². The molecule has 0 bridgehead atoms. The van der Waals surface area contributed by atoms with Crippen LogP contribution in [0.5, 0.6) is 0 Å². The number of carbonyl (C=O) groups excluding carboxylic acids is 3. The number of hydrogen-bond acceptors (Lipinski definition) is 3. The first-order chi connectivity index (χ1) is 11.9. The van der Waals surface area contributed by atoms with Crippen LogP contribution in [0.3, 0.4) is 0 Å². The van der Waals surface area contributed by atoms with Crippen LogP contribution >= 0.6 is 0 Å². The van der Waals surface area contributed by atoms with E-state index in [-0.39, 0.29) is 12.1 Å². The topological polar surface area (TPSA) is 71.4 Å². The first kappa shape index (κ1) is 16.7. The highest BCUT2D eigenvalue weighted by atomic mass is 16.2. The van der Waals surface area contributed by atoms with E-state index in [1.165, 1.54) is 0 Å². The molecule has 4 amide bonds. The van der Waals surface area contributed by atoms with Gasteiger partial charge in [-0.2, -0.15) is 0 Å². The highest BCUT2D eigenvalue weighted by molar-refractivity contribution is 6.31. The van der Waals surface area contributed by atoms with Gasteiger partial charge in [0.15, 0.2) is 0 Å². The van der Waals surface area contributed by atoms with Crippen molar-refractivity contribution < 1.29 is 14.4 Å². The molecule has 0 radical (unpaired) electrons. The van der Waals surface area contributed by atoms with Crippen molar-refractivity contribution in [2.75, 3.05) is 6.54 Å². The number of carbonyl (C=O) groups is 3. The molecule has 6 nitrogen and oxygen atoms in total. The van der Waals surface area contributed by atoms with Gasteiger partial charge in [-0.25, -0.2) is 4.79 Å². The molecule has 0 spiro atoms. The third-order valence-electron chi connectivity index (χ3n) is 4.29. The second-order valence-corrected chi connectivity index (χ2v) is 5.86. The Morgan fingerprint density at radius 3 is 2.40 bits per heavy atom. The summed E-state index contributed by atoms with van der Waals surface area (Å²) >= 11 is 0. The lowest BCUT2D eigenvalue weighted by Crippen LogP contribution is -2.53. The maximum Gasteiger partial charge on any atom is 0.331 e. The van der Waals surface area contributed by atoms with Gasteiger partial charge in [-0.1, -0.05) is 18.2 Å². The quantitative estimate of drug-likeness (QED) is 0.691. The fraction of sp³-hybridized carbons (Fsp3) is 0.211. The smallest absolute Gasteiger partial charge is 0.318 e. The molecule has 128 valence electrons. The van der Waals surface area contributed by atoms with Gasteiger partial charge in [0.05, 0.1) is 0 Å². The first-order valence-electron chi connectivity index (χ1n) is 8.07. The Kier molecular flexibility index (Phi) is 4.27. The fourth-order valence-corrected chi connectivity index (χ4v) is 3.04. The third kappa shape index (κ3) is 2.87. The molecule has 3 rings (SSSR count). The summed E-state index contributed by atoms with van der Waals surface area (Å²) in [5, 5.41) is 2.21. The third-order valence-corrected chi connectivity index (χ3v) is 4.29. The molecular weight excluding hydrogens is 318 g/mol. The van der Waals surface area contributed by atoms with Gasteiger partial charge in [-0.05, 0) is 50.6 Å². The Labute approximate surface area is 145 Å². The van der Waals surface area contributed by atoms with Crippen LogP contribution in [-0.4, -0.2) is 33.9 Å². The van der Waals surface area contributed by atoms with Crippen molar-refractivity contribution in [1.29, 1.82) is 0 Å². The van der Waals surface area contributed by atoms with Gasteiger partial charge in [-0.3, -0.25) is 19.8 Å². The maximum absolute atomic E-state index is 12.4. The van der Waals surface area contributed by atoms with Crippen molar-refractivity contribution in [3.63, 3.8) is 0 Å². The van der Waals surface area contributed by atoms with Crippen LogP contribution in [0.15, 0.2) is 42.0 Å². The van der Waals surface area contributed by atoms with Crippen LogP contribution in [0, 0.1) is 13.8 Å². The molecule has 1 fully saturated rings. The van der Waals surface area contributed by atoms with Gasteiger partial charge in [0, 0.05) is 23.6 Å². The van der Waals surface area contributed by atoms with Crippen molar-refractivity contribution in [3.8, 4) is 5.69 Å². The minimum Gasteiger partial charge on any atom is -0.318 e. The Morgan fingerprint density at radius 1 is 1.08 bits per heavy atom. The van der Waals surface area contributed by atoms with Gasteiger partial charge >= 0.3 is 6.03 Å². The molecule has 6 heteroatoms. The summed E-state index contributed by atoms with van der Waals surface area (Å²) in [6.45, 7) is 5.79. The largest absolute Gasteiger partial charge is 0.331 e. The molecule has 0 aliphatic carbocycles. The van der Waals surface area contributed by atoms with E-state index >= 15 is 0 Å². The second-order valence-electron chi connectivity index (χ2n) is 5.86. The number of aromatic nitrogens is 1. The summed E-state index contributed by atoms with van der Waals surface area (Å²) in [6, 6.07) is 11.1. The molecule has 0 saturated carbocycles. The normalized spacial score (nSPS) is 16.5. The molecular formula is C19H19N3O3. The van der Waals surface area contributed by atoms with Crippen LogP contribution in [0.4, 0.5) is 4.79 Å². The second kappa shape index (κ2) is 6.39. The predicted octanol–water partition coefficient (Wildman–Crippen LogP) is 2.58. The van der Waals surface area contributed by atoms with Crippen LogP contribution in [0.2, 0.25) is 0 Å². The van der Waals surface area contributed by atoms with Crippen molar-refractivity contribution in [2.24, 2.45) is 0 Å². The predicted molar refractivity (Wildman–Crippen MR) is 94.1 cm³/mol. The van der Waals surface area contributed by atoms with E-state index in [4.69, 9.17) is 0 Å². The minimum absolute atomic E-state index is 0.0326. The number of imide groups is 2. The highest BCUT2D eigenvalue weighted by Crippen LogP contribution is 2.24. The molecule has 1 aliphatic heterocycles. The molecule has 2 heterocycles. The zero-order valence-corrected chi connectivity index (χ0v) is 14.4. The summed E-state index contributed by atoms with van der Waals surface area (Å²) in [5.74, 6) is -1.23. The lowest BCUT2D eigenvalue weighted by Gasteiger charge is -2.24. The standard InChI is InChI=1S/C19H19N3O3/c1-4-21-18(24)16(17(23)20-19(21)25)11-14-10-12(2)22(13(14)3)15-8-6-5-7-9-15/h5-11H,4H2,1-3H3,(H,20,23,25). The Bertz CT molecular complexity index is 894. The van der Waals surface area contributed by atoms with Gasteiger partial charge < -0.3 is 4.57 Å². The van der Waals surface area contributed by atoms with Crippen molar-refractivity contribution in [1.82, 2.24) is 14.8 Å². The maximum atomic E-state index is 12.4. The van der Waals surface area contributed by atoms with Crippen LogP contribution in [-0.2, 0) is 9.59 Å². The Morgan fingerprint density at radius 2 is 1.76 bits per heavy atom. The zero-order valence-electron chi connectivity index (χ0n) is 14.4. The molecule has 1 aliphatic rings. The minimum atomic E-state index is -0.676. The van der Waals surface area contributed by atoms with Gasteiger partial charge in [0.25, 0.3) is 11.8 Å². The summed E-state index contributed by atoms with van der Waals surface area (Å²) in [5.41, 5.74) is 3.64. The SMILES string of the molecule is CCN1C(=O)NC(=O)C(=Cc2cc(C)n(-c3ccccc3)c2C)C1=O. The molecule has 0 unspecified atom stereocenters. The number of para-hydroxylation sites is 1. The number of amides is 4. The number of hydrogen-bond donors (Lipinski definition) is 1. The molecule has 0 atom stereocenters. The van der Waals surface area contributed by atoms with Crippen molar-refractivity contribution >= 4 is 23.9 Å². The number of barbiturate groups is 1. The molecule has 1 aromatic carbocycles. The number of nitrogens with zero attached hydrogens (tertiary/aromatic N) is 2. The fourth-order valence-electron chi connectivity index (χ4n) is 3.04. The van der Waals surface area contributed by atoms with Gasteiger partial charge in [0.1, 0.15) is 5.57 Å². The van der Waals surface area contributed by atoms with E-state index in [0.29, 0.717) is 0 Å². The van der Waals surface area contributed by atoms with Gasteiger partial charge in [-0.15, -0.1) is 0 Å². The summed E-state index contributed by atoms with van der Waals surface area (Å²) in [7, 11) is 0. The Hall–Kier alpha value is -3.15. The number of benzene rings is 1. The lowest BCUT2D eigenvalue weighted by molar-refractivity contribution is -0.129. The number of urea groups is 1. The van der Waals surface area contributed by atoms with E-state index in [1.807, 2.05) is 50.2 Å². The van der Waals surface area contributed by atoms with Crippen molar-refractivity contribution in [2.45, 2.75) is 20.8 Å². The number of likely N-dealkylation sites (N-methyl/N-ethyl adjacent to an activating group) is 1.